The number of aromatic nitrogens is 4. The summed E-state index contributed by atoms with van der Waals surface area (Å²) in [6, 6.07) is 12.5. The summed E-state index contributed by atoms with van der Waals surface area (Å²) < 4.78 is 16.9. The van der Waals surface area contributed by atoms with Crippen molar-refractivity contribution in [2.24, 2.45) is 17.8 Å². The zero-order valence-corrected chi connectivity index (χ0v) is 36.6. The number of carbonyl (C=O) groups is 4. The number of amides is 4. The largest absolute Gasteiger partial charge is 0.488 e. The van der Waals surface area contributed by atoms with Gasteiger partial charge in [0, 0.05) is 43.8 Å². The number of carboxylic acid groups (broad SMARTS) is 1. The number of ether oxygens (including phenoxy) is 3. The van der Waals surface area contributed by atoms with Gasteiger partial charge in [0.05, 0.1) is 42.1 Å². The Morgan fingerprint density at radius 2 is 1.75 bits per heavy atom. The molecule has 3 saturated heterocycles. The normalized spacial score (nSPS) is 22.1. The van der Waals surface area contributed by atoms with Crippen LogP contribution in [0.2, 0.25) is 0 Å². The van der Waals surface area contributed by atoms with Gasteiger partial charge < -0.3 is 44.4 Å². The van der Waals surface area contributed by atoms with Crippen LogP contribution in [0.15, 0.2) is 48.7 Å². The zero-order valence-electron chi connectivity index (χ0n) is 36.6. The minimum Gasteiger partial charge on any atom is -0.488 e. The average Bonchev–Trinajstić information content (AvgIpc) is 4.10. The summed E-state index contributed by atoms with van der Waals surface area (Å²) in [6.45, 7) is 9.87. The molecule has 4 aliphatic heterocycles. The summed E-state index contributed by atoms with van der Waals surface area (Å²) >= 11 is 0. The molecule has 6 atom stereocenters. The molecule has 0 saturated carbocycles. The first kappa shape index (κ1) is 42.2. The molecule has 0 bridgehead atoms. The Labute approximate surface area is 365 Å². The monoisotopic (exact) mass is 860 g/mol. The minimum atomic E-state index is -1.13. The summed E-state index contributed by atoms with van der Waals surface area (Å²) in [6.07, 6.45) is 3.66. The number of methoxy groups -OCH3 is 1. The van der Waals surface area contributed by atoms with E-state index in [1.54, 1.807) is 11.1 Å². The molecule has 6 heterocycles. The van der Waals surface area contributed by atoms with Crippen molar-refractivity contribution in [3.8, 4) is 28.1 Å². The van der Waals surface area contributed by atoms with Gasteiger partial charge in [-0.15, -0.1) is 0 Å². The molecule has 3 fully saturated rings. The molecule has 4 N–H and O–H groups in total. The van der Waals surface area contributed by atoms with Gasteiger partial charge in [-0.05, 0) is 103 Å². The Bertz CT molecular complexity index is 2580. The molecule has 9 rings (SSSR count). The van der Waals surface area contributed by atoms with Crippen LogP contribution in [0.4, 0.5) is 9.59 Å². The maximum absolute atomic E-state index is 14.4. The molecule has 2 aromatic heterocycles. The molecule has 0 aliphatic carbocycles. The van der Waals surface area contributed by atoms with E-state index in [-0.39, 0.29) is 47.7 Å². The number of H-pyrrole nitrogens is 2. The van der Waals surface area contributed by atoms with Crippen LogP contribution in [0.25, 0.3) is 44.2 Å². The third-order valence-electron chi connectivity index (χ3n) is 13.7. The number of carbonyl (C=O) groups excluding carboxylic acids is 3. The smallest absolute Gasteiger partial charge is 0.407 e. The first-order chi connectivity index (χ1) is 30.3. The first-order valence-corrected chi connectivity index (χ1v) is 22.1. The molecule has 5 aromatic rings. The van der Waals surface area contributed by atoms with Crippen LogP contribution < -0.4 is 10.1 Å². The topological polar surface area (TPSA) is 195 Å². The van der Waals surface area contributed by atoms with E-state index >= 15 is 0 Å². The van der Waals surface area contributed by atoms with Gasteiger partial charge in [0.2, 0.25) is 11.8 Å². The lowest BCUT2D eigenvalue weighted by molar-refractivity contribution is -0.139. The Kier molecular flexibility index (Phi) is 11.3. The van der Waals surface area contributed by atoms with Crippen LogP contribution in [0.3, 0.4) is 0 Å². The van der Waals surface area contributed by atoms with E-state index < -0.39 is 24.3 Å². The standard InChI is InChI=1S/C47H56N8O8/c1-24(2)41(53(5)47(59)60)45(57)54-22-25(3)17-37(54)42-48-21-35(50-42)29-8-10-31-30(18-29)23-63-38-20-32-28(19-33(31)38)9-11-34-40(32)51-43(49-34)36-12-7-26(4)55(36)44(56)39(52-46(58)61-6)27-13-15-62-16-14-27/h8-11,18-21,24-27,36-37,39,41H,7,12-17,22-23H2,1-6H3,(H,48,50)(H,49,51)(H,52,58)(H,59,60)/t25-,26-,36-,37-,39-,41-/m0/s1. The fourth-order valence-electron chi connectivity index (χ4n) is 10.4. The lowest BCUT2D eigenvalue weighted by Crippen LogP contribution is -2.54. The van der Waals surface area contributed by atoms with E-state index in [2.05, 4.69) is 65.5 Å². The molecule has 4 amide bonds. The number of hydrogen-bond acceptors (Lipinski definition) is 9. The highest BCUT2D eigenvalue weighted by Gasteiger charge is 2.44. The van der Waals surface area contributed by atoms with Gasteiger partial charge in [-0.3, -0.25) is 14.5 Å². The SMILES string of the molecule is COC(=O)N[C@H](C(=O)N1[C@@H](C)CC[C@H]1c1nc2ccc3cc4c(cc3c2[nH]1)OCc1cc(-c2cnc([C@@H]3C[C@H](C)CN3C(=O)[C@H](C(C)C)N(C)C(=O)O)[nH]2)ccc1-4)C1CCOCC1. The molecule has 0 spiro atoms. The highest BCUT2D eigenvalue weighted by molar-refractivity contribution is 6.07. The van der Waals surface area contributed by atoms with Crippen molar-refractivity contribution >= 4 is 45.8 Å². The predicted molar refractivity (Wildman–Crippen MR) is 235 cm³/mol. The number of hydrogen-bond donors (Lipinski definition) is 4. The summed E-state index contributed by atoms with van der Waals surface area (Å²) in [5.41, 5.74) is 6.52. The quantitative estimate of drug-likeness (QED) is 0.116. The number of fused-ring (bicyclic) bond motifs is 6. The van der Waals surface area contributed by atoms with E-state index in [0.717, 1.165) is 79.7 Å². The third kappa shape index (κ3) is 7.72. The molecule has 16 nitrogen and oxygen atoms in total. The molecule has 4 aliphatic rings. The number of rotatable bonds is 9. The van der Waals surface area contributed by atoms with Crippen LogP contribution in [0, 0.1) is 17.8 Å². The van der Waals surface area contributed by atoms with Crippen LogP contribution in [0.5, 0.6) is 5.75 Å². The van der Waals surface area contributed by atoms with Crippen molar-refractivity contribution in [2.45, 2.75) is 96.6 Å². The number of nitrogens with zero attached hydrogens (tertiary/aromatic N) is 5. The highest BCUT2D eigenvalue weighted by Crippen LogP contribution is 2.44. The van der Waals surface area contributed by atoms with E-state index in [1.807, 2.05) is 24.8 Å². The van der Waals surface area contributed by atoms with Crippen LogP contribution >= 0.6 is 0 Å². The molecule has 0 radical (unpaired) electrons. The Hall–Kier alpha value is -6.16. The predicted octanol–water partition coefficient (Wildman–Crippen LogP) is 7.41. The number of likely N-dealkylation sites (N-methyl/N-ethyl adjacent to an activating group) is 1. The Morgan fingerprint density at radius 3 is 2.49 bits per heavy atom. The second kappa shape index (κ2) is 16.8. The first-order valence-electron chi connectivity index (χ1n) is 22.1. The number of benzene rings is 3. The Morgan fingerprint density at radius 1 is 0.952 bits per heavy atom. The zero-order chi connectivity index (χ0) is 44.3. The van der Waals surface area contributed by atoms with Crippen LogP contribution in [0.1, 0.15) is 89.1 Å². The second-order valence-corrected chi connectivity index (χ2v) is 18.2. The Balaban J connectivity index is 0.969. The number of likely N-dealkylation sites (tertiary alicyclic amines) is 2. The van der Waals surface area contributed by atoms with Crippen LogP contribution in [-0.2, 0) is 25.7 Å². The lowest BCUT2D eigenvalue weighted by atomic mass is 9.90. The molecular weight excluding hydrogens is 805 g/mol. The summed E-state index contributed by atoms with van der Waals surface area (Å²) in [4.78, 5) is 74.3. The van der Waals surface area contributed by atoms with Gasteiger partial charge in [-0.25, -0.2) is 19.6 Å². The van der Waals surface area contributed by atoms with Gasteiger partial charge >= 0.3 is 12.2 Å². The number of nitrogens with one attached hydrogen (secondary N) is 3. The van der Waals surface area contributed by atoms with Crippen molar-refractivity contribution in [3.05, 3.63) is 65.9 Å². The molecule has 332 valence electrons. The maximum atomic E-state index is 14.4. The van der Waals surface area contributed by atoms with Crippen LogP contribution in [-0.4, -0.2) is 116 Å². The van der Waals surface area contributed by atoms with Gasteiger partial charge in [-0.1, -0.05) is 39.0 Å². The average molecular weight is 861 g/mol. The van der Waals surface area contributed by atoms with Crippen molar-refractivity contribution in [2.75, 3.05) is 33.9 Å². The van der Waals surface area contributed by atoms with Gasteiger partial charge in [0.25, 0.3) is 0 Å². The van der Waals surface area contributed by atoms with E-state index in [4.69, 9.17) is 24.2 Å². The number of alkyl carbamates (subject to hydrolysis) is 1. The van der Waals surface area contributed by atoms with Crippen molar-refractivity contribution < 1.29 is 38.5 Å². The summed E-state index contributed by atoms with van der Waals surface area (Å²) in [7, 11) is 2.76. The second-order valence-electron chi connectivity index (χ2n) is 18.2. The molecular formula is C47H56N8O8. The van der Waals surface area contributed by atoms with Gasteiger partial charge in [0.1, 0.15) is 36.1 Å². The fourth-order valence-corrected chi connectivity index (χ4v) is 10.4. The summed E-state index contributed by atoms with van der Waals surface area (Å²) in [5, 5.41) is 14.5. The van der Waals surface area contributed by atoms with E-state index in [0.29, 0.717) is 50.9 Å². The lowest BCUT2D eigenvalue weighted by Gasteiger charge is -2.36. The van der Waals surface area contributed by atoms with Gasteiger partial charge in [-0.2, -0.15) is 0 Å². The maximum Gasteiger partial charge on any atom is 0.407 e. The van der Waals surface area contributed by atoms with Crippen molar-refractivity contribution in [1.82, 2.24) is 40.0 Å². The highest BCUT2D eigenvalue weighted by atomic mass is 16.5. The summed E-state index contributed by atoms with van der Waals surface area (Å²) in [5.74, 6) is 1.80. The third-order valence-corrected chi connectivity index (χ3v) is 13.7. The molecule has 3 aromatic carbocycles. The molecule has 63 heavy (non-hydrogen) atoms. The van der Waals surface area contributed by atoms with Crippen molar-refractivity contribution in [3.63, 3.8) is 0 Å². The van der Waals surface area contributed by atoms with Gasteiger partial charge in [0.15, 0.2) is 0 Å². The molecule has 16 heteroatoms. The molecule has 0 unspecified atom stereocenters. The minimum absolute atomic E-state index is 0.0419. The fraction of sp³-hybridized carbons (Fsp3) is 0.489. The van der Waals surface area contributed by atoms with E-state index in [1.165, 1.54) is 14.2 Å². The van der Waals surface area contributed by atoms with E-state index in [9.17, 15) is 24.3 Å². The number of aromatic amines is 2. The number of imidazole rings is 2. The van der Waals surface area contributed by atoms with Crippen molar-refractivity contribution in [1.29, 1.82) is 0 Å².